The fourth-order valence-electron chi connectivity index (χ4n) is 1.24. The quantitative estimate of drug-likeness (QED) is 0.577. The number of nitrogens with one attached hydrogen (secondary N) is 3. The second kappa shape index (κ2) is 7.09. The van der Waals surface area contributed by atoms with Gasteiger partial charge in [-0.05, 0) is 39.9 Å². The van der Waals surface area contributed by atoms with E-state index < -0.39 is 11.7 Å². The zero-order valence-electron chi connectivity index (χ0n) is 12.1. The monoisotopic (exact) mass is 300 g/mol. The van der Waals surface area contributed by atoms with E-state index >= 15 is 0 Å². The minimum Gasteiger partial charge on any atom is -0.444 e. The predicted octanol–water partition coefficient (Wildman–Crippen LogP) is 1.79. The number of aromatic nitrogens is 1. The molecule has 0 bridgehead atoms. The van der Waals surface area contributed by atoms with Crippen molar-refractivity contribution in [1.82, 2.24) is 15.8 Å². The van der Waals surface area contributed by atoms with Gasteiger partial charge in [-0.25, -0.2) is 4.79 Å². The van der Waals surface area contributed by atoms with Crippen LogP contribution >= 0.6 is 12.2 Å². The van der Waals surface area contributed by atoms with Crippen molar-refractivity contribution in [2.75, 3.05) is 18.4 Å². The molecule has 0 aliphatic rings. The standard InChI is InChI=1S/C12H20N4O3S/c1-8-7-9(16-19-8)15-10(20)13-5-6-14-11(17)18-12(2,3)4/h7H,5-6H2,1-4H3,(H,14,17)(H2,13,15,16,20). The van der Waals surface area contributed by atoms with Gasteiger partial charge in [0.05, 0.1) is 0 Å². The Labute approximate surface area is 123 Å². The van der Waals surface area contributed by atoms with Crippen LogP contribution in [0.25, 0.3) is 0 Å². The summed E-state index contributed by atoms with van der Waals surface area (Å²) in [4.78, 5) is 11.4. The number of rotatable bonds is 4. The Bertz CT molecular complexity index is 468. The number of carbonyl (C=O) groups is 1. The van der Waals surface area contributed by atoms with Crippen LogP contribution in [-0.2, 0) is 4.74 Å². The number of thiocarbonyl (C=S) groups is 1. The molecule has 0 aromatic carbocycles. The van der Waals surface area contributed by atoms with E-state index in [1.807, 2.05) is 20.8 Å². The molecule has 1 heterocycles. The van der Waals surface area contributed by atoms with E-state index in [0.717, 1.165) is 0 Å². The van der Waals surface area contributed by atoms with Gasteiger partial charge in [-0.2, -0.15) is 0 Å². The summed E-state index contributed by atoms with van der Waals surface area (Å²) in [5.41, 5.74) is -0.501. The number of nitrogens with zero attached hydrogens (tertiary/aromatic N) is 1. The third-order valence-electron chi connectivity index (χ3n) is 1.95. The summed E-state index contributed by atoms with van der Waals surface area (Å²) in [6.07, 6.45) is -0.453. The first-order valence-corrected chi connectivity index (χ1v) is 6.62. The number of aryl methyl sites for hydroxylation is 1. The van der Waals surface area contributed by atoms with Crippen molar-refractivity contribution in [2.45, 2.75) is 33.3 Å². The molecule has 0 spiro atoms. The predicted molar refractivity (Wildman–Crippen MR) is 79.7 cm³/mol. The molecule has 0 radical (unpaired) electrons. The largest absolute Gasteiger partial charge is 0.444 e. The summed E-state index contributed by atoms with van der Waals surface area (Å²) in [6.45, 7) is 8.09. The van der Waals surface area contributed by atoms with Crippen molar-refractivity contribution in [2.24, 2.45) is 0 Å². The van der Waals surface area contributed by atoms with E-state index in [9.17, 15) is 4.79 Å². The van der Waals surface area contributed by atoms with Crippen molar-refractivity contribution < 1.29 is 14.1 Å². The van der Waals surface area contributed by atoms with Crippen LogP contribution in [0.1, 0.15) is 26.5 Å². The first-order chi connectivity index (χ1) is 9.26. The topological polar surface area (TPSA) is 88.4 Å². The van der Waals surface area contributed by atoms with Crippen LogP contribution in [0.3, 0.4) is 0 Å². The Morgan fingerprint density at radius 3 is 2.60 bits per heavy atom. The molecule has 0 unspecified atom stereocenters. The third-order valence-corrected chi connectivity index (χ3v) is 2.19. The van der Waals surface area contributed by atoms with E-state index in [0.29, 0.717) is 29.8 Å². The lowest BCUT2D eigenvalue weighted by atomic mass is 10.2. The number of alkyl carbamates (subject to hydrolysis) is 1. The maximum atomic E-state index is 11.4. The van der Waals surface area contributed by atoms with Gasteiger partial charge >= 0.3 is 6.09 Å². The van der Waals surface area contributed by atoms with E-state index in [2.05, 4.69) is 21.1 Å². The number of anilines is 1. The van der Waals surface area contributed by atoms with E-state index in [4.69, 9.17) is 21.5 Å². The number of ether oxygens (including phenoxy) is 1. The summed E-state index contributed by atoms with van der Waals surface area (Å²) >= 11 is 5.06. The molecule has 8 heteroatoms. The zero-order chi connectivity index (χ0) is 15.2. The van der Waals surface area contributed by atoms with Gasteiger partial charge < -0.3 is 25.2 Å². The SMILES string of the molecule is Cc1cc(NC(=S)NCCNC(=O)OC(C)(C)C)no1. The van der Waals surface area contributed by atoms with Crippen LogP contribution in [0.4, 0.5) is 10.6 Å². The molecule has 0 fully saturated rings. The second-order valence-corrected chi connectivity index (χ2v) is 5.54. The highest BCUT2D eigenvalue weighted by Crippen LogP contribution is 2.06. The van der Waals surface area contributed by atoms with E-state index in [-0.39, 0.29) is 0 Å². The number of carbonyl (C=O) groups excluding carboxylic acids is 1. The fourth-order valence-corrected chi connectivity index (χ4v) is 1.45. The van der Waals surface area contributed by atoms with Crippen molar-refractivity contribution in [3.05, 3.63) is 11.8 Å². The van der Waals surface area contributed by atoms with E-state index in [1.165, 1.54) is 0 Å². The van der Waals surface area contributed by atoms with Crippen LogP contribution < -0.4 is 16.0 Å². The van der Waals surface area contributed by atoms with Gasteiger partial charge in [-0.3, -0.25) is 0 Å². The molecular formula is C12H20N4O3S. The van der Waals surface area contributed by atoms with Gasteiger partial charge in [0.15, 0.2) is 10.9 Å². The molecule has 20 heavy (non-hydrogen) atoms. The van der Waals surface area contributed by atoms with Gasteiger partial charge in [0, 0.05) is 19.2 Å². The molecule has 1 amide bonds. The summed E-state index contributed by atoms with van der Waals surface area (Å²) in [7, 11) is 0. The van der Waals surface area contributed by atoms with Gasteiger partial charge in [0.25, 0.3) is 0 Å². The van der Waals surface area contributed by atoms with Crippen molar-refractivity contribution in [1.29, 1.82) is 0 Å². The van der Waals surface area contributed by atoms with Crippen LogP contribution in [0.15, 0.2) is 10.6 Å². The van der Waals surface area contributed by atoms with Crippen molar-refractivity contribution in [3.63, 3.8) is 0 Å². The maximum absolute atomic E-state index is 11.4. The summed E-state index contributed by atoms with van der Waals surface area (Å²) in [5.74, 6) is 1.24. The van der Waals surface area contributed by atoms with Gasteiger partial charge in [0.2, 0.25) is 0 Å². The Hall–Kier alpha value is -1.83. The molecule has 0 saturated heterocycles. The molecule has 0 saturated carbocycles. The van der Waals surface area contributed by atoms with E-state index in [1.54, 1.807) is 13.0 Å². The molecule has 3 N–H and O–H groups in total. The second-order valence-electron chi connectivity index (χ2n) is 5.13. The highest BCUT2D eigenvalue weighted by molar-refractivity contribution is 7.80. The highest BCUT2D eigenvalue weighted by Gasteiger charge is 2.15. The molecule has 112 valence electrons. The summed E-state index contributed by atoms with van der Waals surface area (Å²) in [6, 6.07) is 1.73. The Morgan fingerprint density at radius 2 is 2.05 bits per heavy atom. The molecule has 1 aromatic rings. The Morgan fingerprint density at radius 1 is 1.40 bits per heavy atom. The number of hydrogen-bond acceptors (Lipinski definition) is 5. The minimum atomic E-state index is -0.501. The lowest BCUT2D eigenvalue weighted by Crippen LogP contribution is -2.39. The van der Waals surface area contributed by atoms with Gasteiger partial charge in [-0.15, -0.1) is 0 Å². The van der Waals surface area contributed by atoms with Crippen LogP contribution in [-0.4, -0.2) is 35.1 Å². The van der Waals surface area contributed by atoms with Gasteiger partial charge in [0.1, 0.15) is 11.4 Å². The third kappa shape index (κ3) is 6.93. The molecule has 0 aliphatic heterocycles. The molecule has 0 aliphatic carbocycles. The minimum absolute atomic E-state index is 0.397. The first-order valence-electron chi connectivity index (χ1n) is 6.21. The lowest BCUT2D eigenvalue weighted by Gasteiger charge is -2.19. The average molecular weight is 300 g/mol. The summed E-state index contributed by atoms with van der Waals surface area (Å²) in [5, 5.41) is 12.6. The maximum Gasteiger partial charge on any atom is 0.407 e. The molecular weight excluding hydrogens is 280 g/mol. The number of amides is 1. The van der Waals surface area contributed by atoms with Crippen molar-refractivity contribution in [3.8, 4) is 0 Å². The molecule has 1 aromatic heterocycles. The highest BCUT2D eigenvalue weighted by atomic mass is 32.1. The first kappa shape index (κ1) is 16.2. The molecule has 1 rings (SSSR count). The molecule has 7 nitrogen and oxygen atoms in total. The lowest BCUT2D eigenvalue weighted by molar-refractivity contribution is 0.0529. The van der Waals surface area contributed by atoms with Crippen LogP contribution in [0, 0.1) is 6.92 Å². The summed E-state index contributed by atoms with van der Waals surface area (Å²) < 4.78 is 9.99. The Kier molecular flexibility index (Phi) is 5.75. The van der Waals surface area contributed by atoms with Gasteiger partial charge in [-0.1, -0.05) is 5.16 Å². The molecule has 0 atom stereocenters. The smallest absolute Gasteiger partial charge is 0.407 e. The average Bonchev–Trinajstić information content (AvgIpc) is 2.68. The van der Waals surface area contributed by atoms with Crippen molar-refractivity contribution >= 4 is 29.2 Å². The number of hydrogen-bond donors (Lipinski definition) is 3. The normalized spacial score (nSPS) is 10.8. The Balaban J connectivity index is 2.15. The van der Waals surface area contributed by atoms with Crippen LogP contribution in [0.5, 0.6) is 0 Å². The zero-order valence-corrected chi connectivity index (χ0v) is 12.9. The van der Waals surface area contributed by atoms with Crippen LogP contribution in [0.2, 0.25) is 0 Å². The fraction of sp³-hybridized carbons (Fsp3) is 0.583.